The fourth-order valence-electron chi connectivity index (χ4n) is 7.63. The van der Waals surface area contributed by atoms with Crippen LogP contribution in [0, 0.1) is 0 Å². The molecule has 0 saturated heterocycles. The van der Waals surface area contributed by atoms with Gasteiger partial charge in [0.1, 0.15) is 0 Å². The summed E-state index contributed by atoms with van der Waals surface area (Å²) < 4.78 is 2.72. The Hall–Kier alpha value is -7.26. The van der Waals surface area contributed by atoms with Crippen molar-refractivity contribution in [2.24, 2.45) is 0 Å². The molecule has 0 aliphatic carbocycles. The van der Waals surface area contributed by atoms with Gasteiger partial charge in [0.25, 0.3) is 33.4 Å². The lowest BCUT2D eigenvalue weighted by Gasteiger charge is -2.03. The van der Waals surface area contributed by atoms with E-state index in [9.17, 15) is 28.8 Å². The van der Waals surface area contributed by atoms with Crippen molar-refractivity contribution in [2.75, 3.05) is 0 Å². The van der Waals surface area contributed by atoms with Crippen LogP contribution in [-0.2, 0) is 0 Å². The predicted molar refractivity (Wildman–Crippen MR) is 201 cm³/mol. The summed E-state index contributed by atoms with van der Waals surface area (Å²) >= 11 is 0. The third kappa shape index (κ3) is 3.79. The molecule has 0 saturated carbocycles. The topological polar surface area (TPSA) is 117 Å². The van der Waals surface area contributed by atoms with Crippen LogP contribution in [0.25, 0.3) is 81.7 Å². The maximum Gasteiger partial charge on any atom is 0.267 e. The van der Waals surface area contributed by atoms with Crippen LogP contribution in [0.1, 0.15) is 0 Å². The van der Waals surface area contributed by atoms with Crippen molar-refractivity contribution in [2.45, 2.75) is 0 Å². The second-order valence-electron chi connectivity index (χ2n) is 12.7. The van der Waals surface area contributed by atoms with E-state index in [0.717, 1.165) is 46.0 Å². The van der Waals surface area contributed by atoms with Crippen LogP contribution >= 0.6 is 0 Å². The summed E-state index contributed by atoms with van der Waals surface area (Å²) in [5.41, 5.74) is -4.54. The summed E-state index contributed by atoms with van der Waals surface area (Å²) in [6, 6.07) is 37.3. The Morgan fingerprint density at radius 3 is 0.706 bits per heavy atom. The second-order valence-corrected chi connectivity index (χ2v) is 12.7. The monoisotopic (exact) mass is 663 g/mol. The van der Waals surface area contributed by atoms with Gasteiger partial charge in [-0.3, -0.25) is 28.8 Å². The average Bonchev–Trinajstić information content (AvgIpc) is 3.68. The molecule has 0 amide bonds. The molecule has 0 atom stereocenters. The van der Waals surface area contributed by atoms with Crippen molar-refractivity contribution >= 4 is 64.6 Å². The highest BCUT2D eigenvalue weighted by molar-refractivity contribution is 6.25. The van der Waals surface area contributed by atoms with Gasteiger partial charge in [-0.2, -0.15) is 0 Å². The molecule has 3 heterocycles. The zero-order chi connectivity index (χ0) is 34.7. The van der Waals surface area contributed by atoms with Crippen LogP contribution in [0.2, 0.25) is 0 Å². The largest absolute Gasteiger partial charge is 0.268 e. The smallest absolute Gasteiger partial charge is 0.267 e. The van der Waals surface area contributed by atoms with Gasteiger partial charge in [0.05, 0.1) is 49.4 Å². The Morgan fingerprint density at radius 2 is 0.471 bits per heavy atom. The van der Waals surface area contributed by atoms with Crippen molar-refractivity contribution in [3.8, 4) is 17.1 Å². The first kappa shape index (κ1) is 28.7. The molecule has 9 nitrogen and oxygen atoms in total. The minimum Gasteiger partial charge on any atom is -0.268 e. The molecule has 0 aliphatic rings. The minimum absolute atomic E-state index is 0.216. The molecule has 0 spiro atoms. The maximum atomic E-state index is 14.5. The zero-order valence-electron chi connectivity index (χ0n) is 26.4. The highest BCUT2D eigenvalue weighted by Gasteiger charge is 2.32. The first-order valence-electron chi connectivity index (χ1n) is 16.2. The fourth-order valence-corrected chi connectivity index (χ4v) is 7.63. The molecular formula is C42H21N3O6. The van der Waals surface area contributed by atoms with Crippen LogP contribution in [0.5, 0.6) is 0 Å². The third-order valence-corrected chi connectivity index (χ3v) is 9.98. The first-order chi connectivity index (χ1) is 24.8. The lowest BCUT2D eigenvalue weighted by Crippen LogP contribution is -2.24. The van der Waals surface area contributed by atoms with Crippen LogP contribution in [-0.4, -0.2) is 13.7 Å². The number of aromatic nitrogens is 3. The highest BCUT2D eigenvalue weighted by Crippen LogP contribution is 2.29. The van der Waals surface area contributed by atoms with Gasteiger partial charge in [-0.05, 0) is 68.7 Å². The van der Waals surface area contributed by atoms with Crippen molar-refractivity contribution in [1.82, 2.24) is 13.7 Å². The number of hydrogen-bond acceptors (Lipinski definition) is 6. The van der Waals surface area contributed by atoms with E-state index in [2.05, 4.69) is 0 Å². The molecule has 51 heavy (non-hydrogen) atoms. The summed E-state index contributed by atoms with van der Waals surface area (Å²) in [5.74, 6) is 0. The molecule has 0 N–H and O–H groups in total. The molecule has 9 heteroatoms. The SMILES string of the molecule is O=c1c2c3c(=O)n(-c4ccc5ccccc5c4)c(=O)c3c3c(=O)n(-c4ccc5ccccc5c4)c(=O)c3c2c(=O)n1-c1ccc2ccccc2c1. The summed E-state index contributed by atoms with van der Waals surface area (Å²) in [4.78, 5) is 86.8. The molecule has 0 radical (unpaired) electrons. The number of rotatable bonds is 3. The van der Waals surface area contributed by atoms with Crippen molar-refractivity contribution in [3.63, 3.8) is 0 Å². The van der Waals surface area contributed by atoms with E-state index in [1.54, 1.807) is 54.6 Å². The Labute approximate surface area is 284 Å². The standard InChI is InChI=1S/C42H21N3O6/c46-37-31-32(38(47)43(37)28-16-13-22-7-1-4-10-25(22)19-28)34-36(42(51)45(40(34)49)30-18-15-24-9-3-6-12-27(24)21-30)35-33(31)39(48)44(41(35)50)29-17-14-23-8-2-5-11-26(23)20-29/h1-21H. The van der Waals surface area contributed by atoms with Gasteiger partial charge >= 0.3 is 0 Å². The van der Waals surface area contributed by atoms with Crippen molar-refractivity contribution < 1.29 is 0 Å². The van der Waals surface area contributed by atoms with E-state index in [-0.39, 0.29) is 49.4 Å². The Bertz CT molecular complexity index is 3000. The Morgan fingerprint density at radius 1 is 0.255 bits per heavy atom. The highest BCUT2D eigenvalue weighted by atomic mass is 16.2. The van der Waals surface area contributed by atoms with Gasteiger partial charge in [-0.15, -0.1) is 0 Å². The molecule has 0 bridgehead atoms. The van der Waals surface area contributed by atoms with Gasteiger partial charge in [-0.1, -0.05) is 91.0 Å². The molecule has 3 aromatic heterocycles. The second kappa shape index (κ2) is 10.1. The molecule has 10 aromatic rings. The van der Waals surface area contributed by atoms with E-state index in [0.29, 0.717) is 0 Å². The number of nitrogens with zero attached hydrogens (tertiary/aromatic N) is 3. The van der Waals surface area contributed by atoms with Gasteiger partial charge in [0.2, 0.25) is 0 Å². The summed E-state index contributed by atoms with van der Waals surface area (Å²) in [7, 11) is 0. The van der Waals surface area contributed by atoms with Crippen molar-refractivity contribution in [3.05, 3.63) is 190 Å². The molecule has 7 aromatic carbocycles. The van der Waals surface area contributed by atoms with Crippen LogP contribution in [0.4, 0.5) is 0 Å². The van der Waals surface area contributed by atoms with Gasteiger partial charge < -0.3 is 0 Å². The maximum absolute atomic E-state index is 14.5. The van der Waals surface area contributed by atoms with Crippen LogP contribution in [0.15, 0.2) is 156 Å². The third-order valence-electron chi connectivity index (χ3n) is 9.98. The number of benzene rings is 7. The fraction of sp³-hybridized carbons (Fsp3) is 0. The lowest BCUT2D eigenvalue weighted by atomic mass is 10.0. The van der Waals surface area contributed by atoms with E-state index in [1.807, 2.05) is 72.8 Å². The molecule has 0 unspecified atom stereocenters. The molecule has 0 fully saturated rings. The number of fused-ring (bicyclic) bond motifs is 9. The normalized spacial score (nSPS) is 12.0. The van der Waals surface area contributed by atoms with E-state index in [4.69, 9.17) is 0 Å². The lowest BCUT2D eigenvalue weighted by molar-refractivity contribution is 0.990. The molecule has 240 valence electrons. The quantitative estimate of drug-likeness (QED) is 0.248. The van der Waals surface area contributed by atoms with E-state index < -0.39 is 33.4 Å². The summed E-state index contributed by atoms with van der Waals surface area (Å²) in [6.07, 6.45) is 0. The zero-order valence-corrected chi connectivity index (χ0v) is 26.4. The van der Waals surface area contributed by atoms with E-state index >= 15 is 0 Å². The van der Waals surface area contributed by atoms with Crippen molar-refractivity contribution in [1.29, 1.82) is 0 Å². The molecular weight excluding hydrogens is 642 g/mol. The first-order valence-corrected chi connectivity index (χ1v) is 16.2. The van der Waals surface area contributed by atoms with Gasteiger partial charge in [0, 0.05) is 0 Å². The van der Waals surface area contributed by atoms with Gasteiger partial charge in [0.15, 0.2) is 0 Å². The minimum atomic E-state index is -0.866. The predicted octanol–water partition coefficient (Wildman–Crippen LogP) is 5.45. The Kier molecular flexibility index (Phi) is 5.71. The molecule has 10 rings (SSSR count). The average molecular weight is 664 g/mol. The summed E-state index contributed by atoms with van der Waals surface area (Å²) in [6.45, 7) is 0. The number of hydrogen-bond donors (Lipinski definition) is 0. The molecule has 0 aliphatic heterocycles. The summed E-state index contributed by atoms with van der Waals surface area (Å²) in [5, 5.41) is 2.66. The van der Waals surface area contributed by atoms with E-state index in [1.165, 1.54) is 0 Å². The van der Waals surface area contributed by atoms with Crippen LogP contribution < -0.4 is 33.4 Å². The Balaban J connectivity index is 1.40. The van der Waals surface area contributed by atoms with Gasteiger partial charge in [-0.25, -0.2) is 13.7 Å². The van der Waals surface area contributed by atoms with Crippen LogP contribution in [0.3, 0.4) is 0 Å².